The number of allylic oxidation sites excluding steroid dienone is 3. The maximum atomic E-state index is 11.8. The van der Waals surface area contributed by atoms with Crippen LogP contribution in [0.15, 0.2) is 41.7 Å². The highest BCUT2D eigenvalue weighted by atomic mass is 16.1. The number of carbonyl (C=O) groups excluding carboxylic acids is 1. The Morgan fingerprint density at radius 2 is 2.18 bits per heavy atom. The number of ketones is 1. The van der Waals surface area contributed by atoms with Crippen LogP contribution in [0.4, 0.5) is 0 Å². The van der Waals surface area contributed by atoms with Gasteiger partial charge < -0.3 is 0 Å². The summed E-state index contributed by atoms with van der Waals surface area (Å²) in [5, 5.41) is 0. The van der Waals surface area contributed by atoms with Crippen molar-refractivity contribution >= 4 is 17.6 Å². The molecule has 0 atom stereocenters. The van der Waals surface area contributed by atoms with E-state index in [2.05, 4.69) is 16.6 Å². The van der Waals surface area contributed by atoms with Crippen molar-refractivity contribution in [3.05, 3.63) is 47.9 Å². The minimum absolute atomic E-state index is 0.360. The number of nitrogens with zero attached hydrogens (tertiary/aromatic N) is 2. The third kappa shape index (κ3) is 5.40. The van der Waals surface area contributed by atoms with E-state index in [9.17, 15) is 4.79 Å². The second kappa shape index (κ2) is 7.83. The minimum atomic E-state index is 0.360. The van der Waals surface area contributed by atoms with Gasteiger partial charge >= 0.3 is 0 Å². The highest BCUT2D eigenvalue weighted by molar-refractivity contribution is 6.08. The van der Waals surface area contributed by atoms with Crippen LogP contribution in [0.5, 0.6) is 0 Å². The molecule has 1 aromatic rings. The highest BCUT2D eigenvalue weighted by Gasteiger charge is 2.23. The lowest BCUT2D eigenvalue weighted by Gasteiger charge is -2.03. The van der Waals surface area contributed by atoms with Crippen molar-refractivity contribution in [2.24, 2.45) is 10.9 Å². The summed E-state index contributed by atoms with van der Waals surface area (Å²) in [6.45, 7) is 7.93. The van der Waals surface area contributed by atoms with Gasteiger partial charge in [0.05, 0.1) is 0 Å². The van der Waals surface area contributed by atoms with Gasteiger partial charge in [0.2, 0.25) is 0 Å². The van der Waals surface area contributed by atoms with Crippen LogP contribution in [0.2, 0.25) is 0 Å². The summed E-state index contributed by atoms with van der Waals surface area (Å²) in [4.78, 5) is 20.5. The van der Waals surface area contributed by atoms with Gasteiger partial charge in [-0.05, 0) is 50.7 Å². The van der Waals surface area contributed by atoms with E-state index in [0.29, 0.717) is 24.5 Å². The number of aliphatic imine (C=N–C) groups is 1. The smallest absolute Gasteiger partial charge is 0.133 e. The number of aromatic nitrogens is 1. The van der Waals surface area contributed by atoms with Gasteiger partial charge in [-0.2, -0.15) is 0 Å². The molecule has 2 rings (SSSR count). The average Bonchev–Trinajstić information content (AvgIpc) is 3.31. The lowest BCUT2D eigenvalue weighted by molar-refractivity contribution is -0.119. The molecule has 1 heterocycles. The topological polar surface area (TPSA) is 42.3 Å². The fourth-order valence-electron chi connectivity index (χ4n) is 2.19. The largest absolute Gasteiger partial charge is 0.300 e. The molecular weight excluding hydrogens is 272 g/mol. The molecule has 0 aliphatic heterocycles. The van der Waals surface area contributed by atoms with E-state index in [4.69, 9.17) is 0 Å². The Kier molecular flexibility index (Phi) is 5.82. The lowest BCUT2D eigenvalue weighted by Crippen LogP contribution is -1.99. The zero-order chi connectivity index (χ0) is 15.9. The summed E-state index contributed by atoms with van der Waals surface area (Å²) in [5.74, 6) is 1.03. The molecule has 0 saturated heterocycles. The fourth-order valence-corrected chi connectivity index (χ4v) is 2.19. The van der Waals surface area contributed by atoms with Crippen LogP contribution in [0.3, 0.4) is 0 Å². The van der Waals surface area contributed by atoms with E-state index in [-0.39, 0.29) is 0 Å². The standard InChI is InChI=1S/C19H24N2O/c1-4-18(9-10-19(22)11-16-6-7-16)21-12-14(2)17-8-5-15(3)20-13-17/h4-5,8,12-13,16H,2,6-7,9-11H2,1,3H3/b18-4-,21-12-. The van der Waals surface area contributed by atoms with E-state index >= 15 is 0 Å². The van der Waals surface area contributed by atoms with Gasteiger partial charge in [0.1, 0.15) is 5.78 Å². The fraction of sp³-hybridized carbons (Fsp3) is 0.421. The van der Waals surface area contributed by atoms with Crippen molar-refractivity contribution in [3.63, 3.8) is 0 Å². The molecular formula is C19H24N2O. The minimum Gasteiger partial charge on any atom is -0.300 e. The van der Waals surface area contributed by atoms with Gasteiger partial charge in [-0.3, -0.25) is 14.8 Å². The number of Topliss-reactive ketones (excluding diaryl/α,β-unsaturated/α-hetero) is 1. The van der Waals surface area contributed by atoms with Gasteiger partial charge in [0.15, 0.2) is 0 Å². The predicted octanol–water partition coefficient (Wildman–Crippen LogP) is 4.53. The van der Waals surface area contributed by atoms with Crippen molar-refractivity contribution in [2.75, 3.05) is 0 Å². The Balaban J connectivity index is 1.84. The van der Waals surface area contributed by atoms with Crippen molar-refractivity contribution in [1.29, 1.82) is 0 Å². The molecule has 0 N–H and O–H groups in total. The summed E-state index contributed by atoms with van der Waals surface area (Å²) >= 11 is 0. The molecule has 1 aromatic heterocycles. The number of aryl methyl sites for hydroxylation is 1. The summed E-state index contributed by atoms with van der Waals surface area (Å²) in [5.41, 5.74) is 3.72. The van der Waals surface area contributed by atoms with Crippen molar-refractivity contribution in [1.82, 2.24) is 4.98 Å². The van der Waals surface area contributed by atoms with Crippen molar-refractivity contribution in [3.8, 4) is 0 Å². The Morgan fingerprint density at radius 3 is 2.77 bits per heavy atom. The van der Waals surface area contributed by atoms with Crippen LogP contribution in [-0.2, 0) is 4.79 Å². The molecule has 1 aliphatic rings. The Labute approximate surface area is 132 Å². The van der Waals surface area contributed by atoms with E-state index in [1.165, 1.54) is 12.8 Å². The van der Waals surface area contributed by atoms with Crippen LogP contribution in [-0.4, -0.2) is 17.0 Å². The van der Waals surface area contributed by atoms with E-state index in [1.54, 1.807) is 12.4 Å². The summed E-state index contributed by atoms with van der Waals surface area (Å²) in [6.07, 6.45) is 10.0. The third-order valence-electron chi connectivity index (χ3n) is 3.87. The van der Waals surface area contributed by atoms with Crippen molar-refractivity contribution < 1.29 is 4.79 Å². The van der Waals surface area contributed by atoms with Crippen molar-refractivity contribution in [2.45, 2.75) is 46.0 Å². The molecule has 1 aliphatic carbocycles. The average molecular weight is 296 g/mol. The molecule has 3 heteroatoms. The van der Waals surface area contributed by atoms with Gasteiger partial charge in [-0.1, -0.05) is 18.7 Å². The maximum absolute atomic E-state index is 11.8. The molecule has 3 nitrogen and oxygen atoms in total. The van der Waals surface area contributed by atoms with Crippen LogP contribution in [0.25, 0.3) is 5.57 Å². The van der Waals surface area contributed by atoms with Gasteiger partial charge in [0, 0.05) is 42.2 Å². The molecule has 22 heavy (non-hydrogen) atoms. The molecule has 0 bridgehead atoms. The van der Waals surface area contributed by atoms with Gasteiger partial charge in [0.25, 0.3) is 0 Å². The Morgan fingerprint density at radius 1 is 1.41 bits per heavy atom. The lowest BCUT2D eigenvalue weighted by atomic mass is 10.1. The molecule has 0 aromatic carbocycles. The van der Waals surface area contributed by atoms with Crippen LogP contribution < -0.4 is 0 Å². The second-order valence-corrected chi connectivity index (χ2v) is 5.94. The first-order valence-electron chi connectivity index (χ1n) is 7.91. The monoisotopic (exact) mass is 296 g/mol. The van der Waals surface area contributed by atoms with Gasteiger partial charge in [-0.15, -0.1) is 0 Å². The number of pyridine rings is 1. The first kappa shape index (κ1) is 16.3. The predicted molar refractivity (Wildman–Crippen MR) is 91.8 cm³/mol. The number of hydrogen-bond acceptors (Lipinski definition) is 3. The third-order valence-corrected chi connectivity index (χ3v) is 3.87. The molecule has 0 spiro atoms. The summed E-state index contributed by atoms with van der Waals surface area (Å²) < 4.78 is 0. The van der Waals surface area contributed by atoms with Gasteiger partial charge in [-0.25, -0.2) is 0 Å². The Bertz CT molecular complexity index is 592. The number of carbonyl (C=O) groups is 1. The van der Waals surface area contributed by atoms with Crippen LogP contribution in [0, 0.1) is 12.8 Å². The van der Waals surface area contributed by atoms with E-state index in [1.807, 2.05) is 32.1 Å². The molecule has 1 saturated carbocycles. The number of rotatable bonds is 8. The quantitative estimate of drug-likeness (QED) is 0.661. The molecule has 116 valence electrons. The van der Waals surface area contributed by atoms with Crippen LogP contribution >= 0.6 is 0 Å². The summed E-state index contributed by atoms with van der Waals surface area (Å²) in [7, 11) is 0. The SMILES string of the molecule is C=C(/C=N\C(=C/C)CCC(=O)CC1CC1)c1ccc(C)nc1. The summed E-state index contributed by atoms with van der Waals surface area (Å²) in [6, 6.07) is 3.95. The molecule has 0 unspecified atom stereocenters. The zero-order valence-corrected chi connectivity index (χ0v) is 13.5. The normalized spacial score (nSPS) is 15.3. The zero-order valence-electron chi connectivity index (χ0n) is 13.5. The molecule has 1 fully saturated rings. The molecule has 0 radical (unpaired) electrons. The maximum Gasteiger partial charge on any atom is 0.133 e. The van der Waals surface area contributed by atoms with Crippen LogP contribution in [0.1, 0.15) is 50.3 Å². The first-order chi connectivity index (χ1) is 10.6. The first-order valence-corrected chi connectivity index (χ1v) is 7.91. The van der Waals surface area contributed by atoms with E-state index in [0.717, 1.165) is 28.9 Å². The second-order valence-electron chi connectivity index (χ2n) is 5.94. The highest BCUT2D eigenvalue weighted by Crippen LogP contribution is 2.33. The van der Waals surface area contributed by atoms with E-state index < -0.39 is 0 Å². The number of hydrogen-bond donors (Lipinski definition) is 0. The molecule has 0 amide bonds. The Hall–Kier alpha value is -2.03.